The monoisotopic (exact) mass is 199 g/mol. The smallest absolute Gasteiger partial charge is 0.0674 e. The molecule has 13 heavy (non-hydrogen) atoms. The minimum absolute atomic E-state index is 0.0132. The lowest BCUT2D eigenvalue weighted by atomic mass is 10.2. The summed E-state index contributed by atoms with van der Waals surface area (Å²) in [7, 11) is 0. The van der Waals surface area contributed by atoms with Gasteiger partial charge in [-0.25, -0.2) is 0 Å². The molecule has 74 valence electrons. The summed E-state index contributed by atoms with van der Waals surface area (Å²) < 4.78 is 5.60. The summed E-state index contributed by atoms with van der Waals surface area (Å²) in [5, 5.41) is 2.03. The first-order valence-corrected chi connectivity index (χ1v) is 5.30. The van der Waals surface area contributed by atoms with E-state index in [9.17, 15) is 0 Å². The summed E-state index contributed by atoms with van der Waals surface area (Å²) >= 11 is 1.68. The molecule has 0 bridgehead atoms. The first-order chi connectivity index (χ1) is 5.99. The van der Waals surface area contributed by atoms with E-state index >= 15 is 0 Å². The summed E-state index contributed by atoms with van der Waals surface area (Å²) in [5.74, 6) is 0. The molecule has 3 heteroatoms. The predicted molar refractivity (Wildman–Crippen MR) is 57.0 cm³/mol. The van der Waals surface area contributed by atoms with Gasteiger partial charge in [-0.05, 0) is 32.2 Å². The van der Waals surface area contributed by atoms with Crippen LogP contribution in [0.1, 0.15) is 31.7 Å². The Morgan fingerprint density at radius 1 is 1.54 bits per heavy atom. The highest BCUT2D eigenvalue weighted by molar-refractivity contribution is 7.10. The Balaban J connectivity index is 2.39. The van der Waals surface area contributed by atoms with E-state index < -0.39 is 0 Å². The second-order valence-corrected chi connectivity index (χ2v) is 5.02. The number of hydrogen-bond donors (Lipinski definition) is 1. The molecule has 0 radical (unpaired) electrons. The maximum Gasteiger partial charge on any atom is 0.0674 e. The molecule has 1 aromatic heterocycles. The van der Waals surface area contributed by atoms with Gasteiger partial charge in [-0.15, -0.1) is 11.3 Å². The minimum atomic E-state index is -0.102. The van der Waals surface area contributed by atoms with E-state index in [0.29, 0.717) is 6.61 Å². The molecule has 1 unspecified atom stereocenters. The zero-order valence-electron chi connectivity index (χ0n) is 8.41. The van der Waals surface area contributed by atoms with Gasteiger partial charge in [0.2, 0.25) is 0 Å². The lowest BCUT2D eigenvalue weighted by molar-refractivity contribution is -0.00983. The topological polar surface area (TPSA) is 35.2 Å². The van der Waals surface area contributed by atoms with Crippen LogP contribution in [0.25, 0.3) is 0 Å². The molecule has 2 nitrogen and oxygen atoms in total. The van der Waals surface area contributed by atoms with Crippen LogP contribution in [-0.2, 0) is 4.74 Å². The fraction of sp³-hybridized carbons (Fsp3) is 0.600. The maximum absolute atomic E-state index is 5.93. The molecule has 0 saturated heterocycles. The van der Waals surface area contributed by atoms with E-state index in [2.05, 4.69) is 0 Å². The summed E-state index contributed by atoms with van der Waals surface area (Å²) in [5.41, 5.74) is 5.83. The molecule has 1 aromatic rings. The van der Waals surface area contributed by atoms with Gasteiger partial charge in [-0.2, -0.15) is 0 Å². The van der Waals surface area contributed by atoms with Gasteiger partial charge in [0.05, 0.1) is 18.2 Å². The van der Waals surface area contributed by atoms with Gasteiger partial charge in [-0.1, -0.05) is 6.07 Å². The molecule has 1 rings (SSSR count). The Labute approximate surface area is 83.7 Å². The van der Waals surface area contributed by atoms with Crippen molar-refractivity contribution in [2.75, 3.05) is 6.61 Å². The third-order valence-corrected chi connectivity index (χ3v) is 2.61. The number of ether oxygens (including phenoxy) is 1. The zero-order chi connectivity index (χ0) is 9.90. The van der Waals surface area contributed by atoms with Crippen LogP contribution >= 0.6 is 11.3 Å². The largest absolute Gasteiger partial charge is 0.374 e. The van der Waals surface area contributed by atoms with Crippen LogP contribution in [0.2, 0.25) is 0 Å². The van der Waals surface area contributed by atoms with E-state index in [-0.39, 0.29) is 11.6 Å². The van der Waals surface area contributed by atoms with Crippen molar-refractivity contribution in [3.63, 3.8) is 0 Å². The third-order valence-electron chi connectivity index (χ3n) is 1.60. The van der Waals surface area contributed by atoms with Crippen LogP contribution in [0.5, 0.6) is 0 Å². The first-order valence-electron chi connectivity index (χ1n) is 4.42. The van der Waals surface area contributed by atoms with Crippen LogP contribution in [0.4, 0.5) is 0 Å². The fourth-order valence-corrected chi connectivity index (χ4v) is 1.64. The van der Waals surface area contributed by atoms with Crippen LogP contribution in [0, 0.1) is 0 Å². The van der Waals surface area contributed by atoms with E-state index in [4.69, 9.17) is 10.5 Å². The van der Waals surface area contributed by atoms with E-state index in [1.807, 2.05) is 38.3 Å². The number of nitrogens with two attached hydrogens (primary N) is 1. The van der Waals surface area contributed by atoms with Crippen LogP contribution in [0.3, 0.4) is 0 Å². The average molecular weight is 199 g/mol. The molecule has 0 spiro atoms. The third kappa shape index (κ3) is 3.89. The highest BCUT2D eigenvalue weighted by Crippen LogP contribution is 2.18. The molecular formula is C10H17NOS. The van der Waals surface area contributed by atoms with E-state index in [0.717, 1.165) is 0 Å². The maximum atomic E-state index is 5.93. The SMILES string of the molecule is CC(C)(C)OCC(N)c1cccs1. The number of hydrogen-bond acceptors (Lipinski definition) is 3. The summed E-state index contributed by atoms with van der Waals surface area (Å²) in [6, 6.07) is 4.07. The Morgan fingerprint density at radius 3 is 2.69 bits per heavy atom. The van der Waals surface area contributed by atoms with Crippen molar-refractivity contribution in [2.24, 2.45) is 5.73 Å². The second-order valence-electron chi connectivity index (χ2n) is 4.05. The van der Waals surface area contributed by atoms with Crippen molar-refractivity contribution in [2.45, 2.75) is 32.4 Å². The Morgan fingerprint density at radius 2 is 2.23 bits per heavy atom. The summed E-state index contributed by atoms with van der Waals surface area (Å²) in [4.78, 5) is 1.18. The Hall–Kier alpha value is -0.380. The quantitative estimate of drug-likeness (QED) is 0.812. The molecule has 0 fully saturated rings. The van der Waals surface area contributed by atoms with Crippen LogP contribution in [0.15, 0.2) is 17.5 Å². The summed E-state index contributed by atoms with van der Waals surface area (Å²) in [6.45, 7) is 6.69. The Kier molecular flexibility index (Phi) is 3.47. The number of rotatable bonds is 3. The lowest BCUT2D eigenvalue weighted by Crippen LogP contribution is -2.25. The molecule has 1 heterocycles. The van der Waals surface area contributed by atoms with E-state index in [1.54, 1.807) is 11.3 Å². The van der Waals surface area contributed by atoms with Crippen molar-refractivity contribution >= 4 is 11.3 Å². The van der Waals surface area contributed by atoms with E-state index in [1.165, 1.54) is 4.88 Å². The van der Waals surface area contributed by atoms with Crippen molar-refractivity contribution in [1.82, 2.24) is 0 Å². The summed E-state index contributed by atoms with van der Waals surface area (Å²) in [6.07, 6.45) is 0. The van der Waals surface area contributed by atoms with Crippen molar-refractivity contribution in [3.8, 4) is 0 Å². The van der Waals surface area contributed by atoms with Crippen LogP contribution < -0.4 is 5.73 Å². The van der Waals surface area contributed by atoms with Crippen molar-refractivity contribution < 1.29 is 4.74 Å². The highest BCUT2D eigenvalue weighted by atomic mass is 32.1. The van der Waals surface area contributed by atoms with Gasteiger partial charge in [0.25, 0.3) is 0 Å². The molecule has 0 aliphatic rings. The van der Waals surface area contributed by atoms with Crippen LogP contribution in [-0.4, -0.2) is 12.2 Å². The first kappa shape index (κ1) is 10.7. The van der Waals surface area contributed by atoms with Crippen molar-refractivity contribution in [3.05, 3.63) is 22.4 Å². The second kappa shape index (κ2) is 4.22. The predicted octanol–water partition coefficient (Wildman–Crippen LogP) is 2.56. The standard InChI is InChI=1S/C10H17NOS/c1-10(2,3)12-7-8(11)9-5-4-6-13-9/h4-6,8H,7,11H2,1-3H3. The normalized spacial score (nSPS) is 14.5. The highest BCUT2D eigenvalue weighted by Gasteiger charge is 2.14. The molecule has 0 aromatic carbocycles. The Bertz CT molecular complexity index is 238. The molecule has 0 saturated carbocycles. The van der Waals surface area contributed by atoms with Gasteiger partial charge >= 0.3 is 0 Å². The minimum Gasteiger partial charge on any atom is -0.374 e. The number of thiophene rings is 1. The molecule has 0 aliphatic carbocycles. The zero-order valence-corrected chi connectivity index (χ0v) is 9.23. The van der Waals surface area contributed by atoms with Gasteiger partial charge in [0.15, 0.2) is 0 Å². The molecule has 2 N–H and O–H groups in total. The fourth-order valence-electron chi connectivity index (χ4n) is 0.924. The molecule has 0 aliphatic heterocycles. The average Bonchev–Trinajstić information content (AvgIpc) is 2.50. The molecular weight excluding hydrogens is 182 g/mol. The van der Waals surface area contributed by atoms with Crippen molar-refractivity contribution in [1.29, 1.82) is 0 Å². The van der Waals surface area contributed by atoms with Gasteiger partial charge in [0.1, 0.15) is 0 Å². The lowest BCUT2D eigenvalue weighted by Gasteiger charge is -2.21. The van der Waals surface area contributed by atoms with Gasteiger partial charge in [-0.3, -0.25) is 0 Å². The van der Waals surface area contributed by atoms with Gasteiger partial charge < -0.3 is 10.5 Å². The molecule has 0 amide bonds. The molecule has 1 atom stereocenters. The van der Waals surface area contributed by atoms with Gasteiger partial charge in [0, 0.05) is 4.88 Å².